The summed E-state index contributed by atoms with van der Waals surface area (Å²) in [5, 5.41) is 2.71. The number of benzene rings is 1. The topological polar surface area (TPSA) is 96.0 Å². The van der Waals surface area contributed by atoms with E-state index in [-0.39, 0.29) is 29.3 Å². The Kier molecular flexibility index (Phi) is 6.19. The number of ether oxygens (including phenoxy) is 1. The number of fused-ring (bicyclic) bond motifs is 1. The first-order valence-corrected chi connectivity index (χ1v) is 11.4. The highest BCUT2D eigenvalue weighted by atomic mass is 32.2. The molecule has 9 heteroatoms. The SMILES string of the molecule is Cc1cc2c(cc1S(=O)(=O)N(C)CC(=O)N(C)C1CCCCC1)O[C@H](C)C(=O)N2. The molecule has 2 aliphatic rings. The van der Waals surface area contributed by atoms with E-state index in [1.165, 1.54) is 19.5 Å². The molecule has 1 saturated carbocycles. The minimum absolute atomic E-state index is 0.0650. The van der Waals surface area contributed by atoms with Crippen LogP contribution in [0.3, 0.4) is 0 Å². The molecule has 1 aliphatic heterocycles. The number of carbonyl (C=O) groups is 2. The van der Waals surface area contributed by atoms with Crippen LogP contribution in [0.1, 0.15) is 44.6 Å². The number of nitrogens with one attached hydrogen (secondary N) is 1. The quantitative estimate of drug-likeness (QED) is 0.783. The van der Waals surface area contributed by atoms with Crippen LogP contribution >= 0.6 is 0 Å². The van der Waals surface area contributed by atoms with Crippen molar-refractivity contribution in [2.75, 3.05) is 26.0 Å². The lowest BCUT2D eigenvalue weighted by molar-refractivity contribution is -0.132. The summed E-state index contributed by atoms with van der Waals surface area (Å²) < 4.78 is 32.9. The second-order valence-electron chi connectivity index (χ2n) is 7.92. The van der Waals surface area contributed by atoms with Crippen molar-refractivity contribution in [2.45, 2.75) is 63.0 Å². The van der Waals surface area contributed by atoms with Crippen molar-refractivity contribution in [3.05, 3.63) is 17.7 Å². The zero-order valence-corrected chi connectivity index (χ0v) is 18.2. The molecule has 0 radical (unpaired) electrons. The minimum atomic E-state index is -3.90. The molecule has 1 heterocycles. The van der Waals surface area contributed by atoms with E-state index in [2.05, 4.69) is 5.32 Å². The summed E-state index contributed by atoms with van der Waals surface area (Å²) in [4.78, 5) is 26.2. The molecule has 0 aromatic heterocycles. The van der Waals surface area contributed by atoms with Gasteiger partial charge in [-0.15, -0.1) is 0 Å². The average molecular weight is 424 g/mol. The van der Waals surface area contributed by atoms with E-state index in [1.54, 1.807) is 31.9 Å². The lowest BCUT2D eigenvalue weighted by Gasteiger charge is -2.32. The number of anilines is 1. The maximum absolute atomic E-state index is 13.1. The molecule has 0 bridgehead atoms. The molecule has 3 rings (SSSR count). The normalized spacial score (nSPS) is 20.0. The van der Waals surface area contributed by atoms with Gasteiger partial charge >= 0.3 is 0 Å². The van der Waals surface area contributed by atoms with Crippen molar-refractivity contribution < 1.29 is 22.7 Å². The van der Waals surface area contributed by atoms with Crippen molar-refractivity contribution in [3.8, 4) is 5.75 Å². The van der Waals surface area contributed by atoms with Crippen LogP contribution in [-0.4, -0.2) is 62.2 Å². The van der Waals surface area contributed by atoms with Crippen molar-refractivity contribution in [2.24, 2.45) is 0 Å². The average Bonchev–Trinajstić information content (AvgIpc) is 2.68. The number of hydrogen-bond acceptors (Lipinski definition) is 5. The summed E-state index contributed by atoms with van der Waals surface area (Å²) in [5.74, 6) is -0.183. The highest BCUT2D eigenvalue weighted by Crippen LogP contribution is 2.35. The minimum Gasteiger partial charge on any atom is -0.479 e. The predicted octanol–water partition coefficient (Wildman–Crippen LogP) is 2.13. The fourth-order valence-corrected chi connectivity index (χ4v) is 5.19. The summed E-state index contributed by atoms with van der Waals surface area (Å²) >= 11 is 0. The van der Waals surface area contributed by atoms with Gasteiger partial charge in [0.05, 0.1) is 17.1 Å². The molecule has 2 amide bonds. The van der Waals surface area contributed by atoms with Crippen LogP contribution in [-0.2, 0) is 19.6 Å². The number of hydrogen-bond donors (Lipinski definition) is 1. The van der Waals surface area contributed by atoms with E-state index in [9.17, 15) is 18.0 Å². The van der Waals surface area contributed by atoms with Crippen molar-refractivity contribution >= 4 is 27.5 Å². The molecular weight excluding hydrogens is 394 g/mol. The van der Waals surface area contributed by atoms with E-state index in [0.29, 0.717) is 17.0 Å². The standard InChI is InChI=1S/C20H29N3O5S/c1-13-10-16-17(28-14(2)20(25)21-16)11-18(13)29(26,27)22(3)12-19(24)23(4)15-8-6-5-7-9-15/h10-11,14-15H,5-9,12H2,1-4H3,(H,21,25)/t14-/m1/s1. The van der Waals surface area contributed by atoms with E-state index < -0.39 is 16.1 Å². The Labute approximate surface area is 172 Å². The highest BCUT2D eigenvalue weighted by molar-refractivity contribution is 7.89. The second kappa shape index (κ2) is 8.31. The monoisotopic (exact) mass is 423 g/mol. The van der Waals surface area contributed by atoms with Gasteiger partial charge in [0.2, 0.25) is 15.9 Å². The first kappa shape index (κ1) is 21.6. The maximum atomic E-state index is 13.1. The molecule has 29 heavy (non-hydrogen) atoms. The molecule has 0 spiro atoms. The first-order valence-electron chi connectivity index (χ1n) is 9.95. The number of likely N-dealkylation sites (N-methyl/N-ethyl adjacent to an activating group) is 2. The van der Waals surface area contributed by atoms with Crippen LogP contribution in [0.2, 0.25) is 0 Å². The second-order valence-corrected chi connectivity index (χ2v) is 9.93. The lowest BCUT2D eigenvalue weighted by atomic mass is 9.94. The Bertz CT molecular complexity index is 909. The molecule has 1 aliphatic carbocycles. The van der Waals surface area contributed by atoms with Gasteiger partial charge < -0.3 is 15.0 Å². The van der Waals surface area contributed by atoms with Gasteiger partial charge in [0.15, 0.2) is 6.10 Å². The van der Waals surface area contributed by atoms with Crippen molar-refractivity contribution in [1.82, 2.24) is 9.21 Å². The fourth-order valence-electron chi connectivity index (χ4n) is 3.85. The fraction of sp³-hybridized carbons (Fsp3) is 0.600. The molecule has 0 saturated heterocycles. The van der Waals surface area contributed by atoms with Crippen molar-refractivity contribution in [1.29, 1.82) is 0 Å². The Balaban J connectivity index is 1.78. The number of nitrogens with zero attached hydrogens (tertiary/aromatic N) is 2. The summed E-state index contributed by atoms with van der Waals surface area (Å²) in [6.45, 7) is 3.03. The van der Waals surface area contributed by atoms with Crippen LogP contribution in [0.4, 0.5) is 5.69 Å². The van der Waals surface area contributed by atoms with Gasteiger partial charge in [0.25, 0.3) is 5.91 Å². The highest BCUT2D eigenvalue weighted by Gasteiger charge is 2.31. The van der Waals surface area contributed by atoms with Gasteiger partial charge in [-0.3, -0.25) is 9.59 Å². The molecule has 1 aromatic carbocycles. The van der Waals surface area contributed by atoms with Gasteiger partial charge in [-0.2, -0.15) is 4.31 Å². The first-order chi connectivity index (χ1) is 13.6. The summed E-state index contributed by atoms with van der Waals surface area (Å²) in [7, 11) is -0.741. The van der Waals surface area contributed by atoms with Crippen LogP contribution < -0.4 is 10.1 Å². The number of aryl methyl sites for hydroxylation is 1. The third-order valence-corrected chi connectivity index (χ3v) is 7.72. The number of sulfonamides is 1. The van der Waals surface area contributed by atoms with Gasteiger partial charge in [-0.25, -0.2) is 8.42 Å². The number of amides is 2. The van der Waals surface area contributed by atoms with E-state index in [0.717, 1.165) is 30.0 Å². The molecule has 1 aromatic rings. The summed E-state index contributed by atoms with van der Waals surface area (Å²) in [6.07, 6.45) is 4.60. The molecule has 160 valence electrons. The van der Waals surface area contributed by atoms with Crippen LogP contribution in [0.15, 0.2) is 17.0 Å². The third-order valence-electron chi connectivity index (χ3n) is 5.77. The van der Waals surface area contributed by atoms with Crippen LogP contribution in [0.5, 0.6) is 5.75 Å². The van der Waals surface area contributed by atoms with Gasteiger partial charge in [0, 0.05) is 26.2 Å². The van der Waals surface area contributed by atoms with E-state index in [1.807, 2.05) is 0 Å². The molecule has 1 atom stereocenters. The molecular formula is C20H29N3O5S. The van der Waals surface area contributed by atoms with Crippen molar-refractivity contribution in [3.63, 3.8) is 0 Å². The van der Waals surface area contributed by atoms with Gasteiger partial charge in [-0.05, 0) is 38.3 Å². The molecule has 1 fully saturated rings. The summed E-state index contributed by atoms with van der Waals surface area (Å²) in [5.41, 5.74) is 0.919. The summed E-state index contributed by atoms with van der Waals surface area (Å²) in [6, 6.07) is 3.17. The van der Waals surface area contributed by atoms with Crippen LogP contribution in [0, 0.1) is 6.92 Å². The number of carbonyl (C=O) groups excluding carboxylic acids is 2. The van der Waals surface area contributed by atoms with Crippen LogP contribution in [0.25, 0.3) is 0 Å². The number of rotatable bonds is 5. The molecule has 1 N–H and O–H groups in total. The zero-order chi connectivity index (χ0) is 21.3. The van der Waals surface area contributed by atoms with Gasteiger partial charge in [0.1, 0.15) is 5.75 Å². The Morgan fingerprint density at radius 1 is 1.21 bits per heavy atom. The Morgan fingerprint density at radius 2 is 1.86 bits per heavy atom. The Hall–Kier alpha value is -2.13. The smallest absolute Gasteiger partial charge is 0.265 e. The predicted molar refractivity (Wildman–Crippen MR) is 109 cm³/mol. The van der Waals surface area contributed by atoms with E-state index >= 15 is 0 Å². The van der Waals surface area contributed by atoms with Gasteiger partial charge in [-0.1, -0.05) is 19.3 Å². The van der Waals surface area contributed by atoms with E-state index in [4.69, 9.17) is 4.74 Å². The lowest BCUT2D eigenvalue weighted by Crippen LogP contribution is -2.44. The molecule has 8 nitrogen and oxygen atoms in total. The maximum Gasteiger partial charge on any atom is 0.265 e. The molecule has 0 unspecified atom stereocenters. The Morgan fingerprint density at radius 3 is 2.52 bits per heavy atom. The third kappa shape index (κ3) is 4.40. The zero-order valence-electron chi connectivity index (χ0n) is 17.4. The largest absolute Gasteiger partial charge is 0.479 e.